The van der Waals surface area contributed by atoms with Gasteiger partial charge in [0.05, 0.1) is 54.4 Å². The quantitative estimate of drug-likeness (QED) is 0.0327. The molecule has 0 amide bonds. The molecule has 2 nitrogen and oxygen atoms in total. The number of rotatable bonds is 39. The Morgan fingerprint density at radius 2 is 0.312 bits per heavy atom. The number of quaternary nitrogens is 2. The average Bonchev–Trinajstić information content (AvgIpc) is 3.27. The first kappa shape index (κ1) is 77.5. The normalized spacial score (nSPS) is 15.8. The van der Waals surface area contributed by atoms with Gasteiger partial charge in [0.15, 0.2) is 0 Å². The maximum atomic E-state index is 14.2. The van der Waals surface area contributed by atoms with E-state index in [0.29, 0.717) is 48.0 Å². The summed E-state index contributed by atoms with van der Waals surface area (Å²) < 4.78 is 459. The summed E-state index contributed by atoms with van der Waals surface area (Å²) >= 11 is 0. The lowest BCUT2D eigenvalue weighted by Crippen LogP contribution is -2.74. The minimum atomic E-state index is -8.67. The number of halogens is 34. The second-order valence-electron chi connectivity index (χ2n) is 20.9. The smallest absolute Gasteiger partial charge is 0.328 e. The van der Waals surface area contributed by atoms with Crippen LogP contribution in [0.25, 0.3) is 0 Å². The van der Waals surface area contributed by atoms with E-state index >= 15 is 0 Å². The second kappa shape index (κ2) is 26.0. The van der Waals surface area contributed by atoms with Crippen molar-refractivity contribution in [3.05, 3.63) is 0 Å². The highest BCUT2D eigenvalue weighted by Gasteiger charge is 2.97. The SMILES string of the molecule is C[N+](C)(CCCCCCCCCCCC[N+](C)(C)CCCCCCC(F)(F)C(F)(F)C(F)(F)C(F)(F)C(F)(F)C(F)(F)C(F)(F)C(F)(F)F)CCCCCCC(F)(F)C(F)(F)C(F)(F)C(F)(F)C(F)(F)C(F)(F)C(F)(F)C(F)(F)F. The Bertz CT molecular complexity index is 1740. The van der Waals surface area contributed by atoms with Gasteiger partial charge in [-0.3, -0.25) is 0 Å². The molecular formula is C44H60F34N2+2. The molecule has 0 heterocycles. The molecule has 0 aliphatic heterocycles. The van der Waals surface area contributed by atoms with E-state index in [4.69, 9.17) is 0 Å². The third-order valence-corrected chi connectivity index (χ3v) is 13.4. The Hall–Kier alpha value is -2.46. The molecule has 80 heavy (non-hydrogen) atoms. The first-order valence-electron chi connectivity index (χ1n) is 24.2. The summed E-state index contributed by atoms with van der Waals surface area (Å²) in [5.41, 5.74) is 0. The number of nitrogens with zero attached hydrogens (tertiary/aromatic N) is 2. The van der Waals surface area contributed by atoms with Gasteiger partial charge in [0.25, 0.3) is 0 Å². The van der Waals surface area contributed by atoms with Crippen molar-refractivity contribution in [1.29, 1.82) is 0 Å². The van der Waals surface area contributed by atoms with Gasteiger partial charge in [0.1, 0.15) is 0 Å². The van der Waals surface area contributed by atoms with E-state index in [1.807, 2.05) is 0 Å². The van der Waals surface area contributed by atoms with E-state index in [2.05, 4.69) is 0 Å². The van der Waals surface area contributed by atoms with Gasteiger partial charge in [-0.15, -0.1) is 0 Å². The Kier molecular flexibility index (Phi) is 25.2. The number of hydrogen-bond acceptors (Lipinski definition) is 0. The van der Waals surface area contributed by atoms with E-state index in [0.717, 1.165) is 51.4 Å². The molecule has 0 radical (unpaired) electrons. The van der Waals surface area contributed by atoms with Crippen LogP contribution in [0.4, 0.5) is 149 Å². The molecule has 482 valence electrons. The van der Waals surface area contributed by atoms with Crippen molar-refractivity contribution in [2.45, 2.75) is 224 Å². The molecule has 0 N–H and O–H groups in total. The molecule has 0 aromatic heterocycles. The van der Waals surface area contributed by atoms with Crippen LogP contribution in [-0.4, -0.2) is 159 Å². The molecule has 0 aromatic carbocycles. The minimum Gasteiger partial charge on any atom is -0.328 e. The Morgan fingerprint density at radius 3 is 0.487 bits per heavy atom. The minimum absolute atomic E-state index is 0.0751. The third-order valence-electron chi connectivity index (χ3n) is 13.4. The lowest BCUT2D eigenvalue weighted by molar-refractivity contribution is -0.890. The summed E-state index contributed by atoms with van der Waals surface area (Å²) in [4.78, 5) is 0. The molecule has 36 heteroatoms. The highest BCUT2D eigenvalue weighted by atomic mass is 19.4. The van der Waals surface area contributed by atoms with Crippen molar-refractivity contribution < 1.29 is 158 Å². The van der Waals surface area contributed by atoms with E-state index < -0.39 is 134 Å². The van der Waals surface area contributed by atoms with Crippen LogP contribution in [0.15, 0.2) is 0 Å². The fraction of sp³-hybridized carbons (Fsp3) is 1.00. The summed E-state index contributed by atoms with van der Waals surface area (Å²) in [6.07, 6.45) is -15.8. The van der Waals surface area contributed by atoms with Crippen LogP contribution in [0, 0.1) is 0 Å². The molecule has 0 aliphatic rings. The molecule has 0 fully saturated rings. The summed E-state index contributed by atoms with van der Waals surface area (Å²) in [7, 11) is 6.99. The molecule has 0 bridgehead atoms. The second-order valence-corrected chi connectivity index (χ2v) is 20.9. The number of alkyl halides is 34. The van der Waals surface area contributed by atoms with Crippen LogP contribution in [0.1, 0.15) is 128 Å². The Labute approximate surface area is 436 Å². The number of unbranched alkanes of at least 4 members (excludes halogenated alkanes) is 15. The van der Waals surface area contributed by atoms with E-state index in [9.17, 15) is 149 Å². The molecule has 0 saturated carbocycles. The van der Waals surface area contributed by atoms with Gasteiger partial charge in [0, 0.05) is 12.8 Å². The Balaban J connectivity index is 4.66. The third kappa shape index (κ3) is 15.9. The monoisotopic (exact) mass is 1260 g/mol. The van der Waals surface area contributed by atoms with Crippen molar-refractivity contribution >= 4 is 0 Å². The summed E-state index contributed by atoms with van der Waals surface area (Å²) in [5.74, 6) is -113. The van der Waals surface area contributed by atoms with Crippen LogP contribution >= 0.6 is 0 Å². The molecule has 0 spiro atoms. The lowest BCUT2D eigenvalue weighted by atomic mass is 9.87. The maximum Gasteiger partial charge on any atom is 0.460 e. The van der Waals surface area contributed by atoms with Crippen LogP contribution in [-0.2, 0) is 0 Å². The van der Waals surface area contributed by atoms with Gasteiger partial charge in [-0.1, -0.05) is 51.4 Å². The van der Waals surface area contributed by atoms with Crippen LogP contribution in [0.5, 0.6) is 0 Å². The van der Waals surface area contributed by atoms with Crippen molar-refractivity contribution in [2.75, 3.05) is 54.4 Å². The predicted molar refractivity (Wildman–Crippen MR) is 217 cm³/mol. The van der Waals surface area contributed by atoms with E-state index in [1.54, 1.807) is 28.2 Å². The molecule has 0 aromatic rings. The lowest BCUT2D eigenvalue weighted by Gasteiger charge is -2.42. The van der Waals surface area contributed by atoms with Gasteiger partial charge in [-0.05, 0) is 64.2 Å². The van der Waals surface area contributed by atoms with Gasteiger partial charge in [-0.2, -0.15) is 149 Å². The van der Waals surface area contributed by atoms with Crippen molar-refractivity contribution in [2.24, 2.45) is 0 Å². The summed E-state index contributed by atoms with van der Waals surface area (Å²) in [6, 6.07) is 0. The molecule has 0 rings (SSSR count). The van der Waals surface area contributed by atoms with Crippen LogP contribution in [0.2, 0.25) is 0 Å². The molecule has 0 unspecified atom stereocenters. The average molecular weight is 1260 g/mol. The highest BCUT2D eigenvalue weighted by Crippen LogP contribution is 2.66. The highest BCUT2D eigenvalue weighted by molar-refractivity contribution is 5.16. The zero-order valence-corrected chi connectivity index (χ0v) is 42.7. The molecule has 0 saturated heterocycles. The van der Waals surface area contributed by atoms with Crippen LogP contribution in [0.3, 0.4) is 0 Å². The van der Waals surface area contributed by atoms with Gasteiger partial charge in [0.2, 0.25) is 0 Å². The van der Waals surface area contributed by atoms with Gasteiger partial charge < -0.3 is 8.97 Å². The van der Waals surface area contributed by atoms with Crippen molar-refractivity contribution in [3.63, 3.8) is 0 Å². The van der Waals surface area contributed by atoms with Gasteiger partial charge >= 0.3 is 95.3 Å². The van der Waals surface area contributed by atoms with E-state index in [-0.39, 0.29) is 25.7 Å². The first-order valence-corrected chi connectivity index (χ1v) is 24.2. The molecule has 0 aliphatic carbocycles. The largest absolute Gasteiger partial charge is 0.460 e. The summed E-state index contributed by atoms with van der Waals surface area (Å²) in [6.45, 7) is 1.80. The predicted octanol–water partition coefficient (Wildman–Crippen LogP) is 19.0. The maximum absolute atomic E-state index is 14.2. The van der Waals surface area contributed by atoms with E-state index in [1.165, 1.54) is 0 Å². The zero-order valence-electron chi connectivity index (χ0n) is 42.7. The van der Waals surface area contributed by atoms with Crippen LogP contribution < -0.4 is 0 Å². The Morgan fingerprint density at radius 1 is 0.175 bits per heavy atom. The number of hydrogen-bond donors (Lipinski definition) is 0. The molecular weight excluding hydrogens is 1200 g/mol. The fourth-order valence-electron chi connectivity index (χ4n) is 7.91. The van der Waals surface area contributed by atoms with Crippen molar-refractivity contribution in [1.82, 2.24) is 0 Å². The fourth-order valence-corrected chi connectivity index (χ4v) is 7.91. The van der Waals surface area contributed by atoms with Gasteiger partial charge in [-0.25, -0.2) is 0 Å². The van der Waals surface area contributed by atoms with Crippen molar-refractivity contribution in [3.8, 4) is 0 Å². The summed E-state index contributed by atoms with van der Waals surface area (Å²) in [5, 5.41) is 0. The molecule has 0 atom stereocenters. The standard InChI is InChI=1S/C44H60F34N2/c1-79(2,27-21-15-11-17-23-29(45,46)31(49,50)33(53,54)35(57,58)37(61,62)39(65,66)41(69,70)43(73,74)75)25-19-13-9-7-5-6-8-10-14-20-26-80(3,4)28-22-16-12-18-24-30(47,48)32(51,52)34(55,56)36(59,60)38(63,64)40(67,68)42(71,72)44(76,77)78/h5-28H2,1-4H3/q+2. The first-order chi connectivity index (χ1) is 35.1. The zero-order chi connectivity index (χ0) is 64.0. The topological polar surface area (TPSA) is 0 Å².